The van der Waals surface area contributed by atoms with Crippen molar-refractivity contribution >= 4 is 27.3 Å². The van der Waals surface area contributed by atoms with Crippen molar-refractivity contribution in [3.8, 4) is 0 Å². The van der Waals surface area contributed by atoms with Crippen molar-refractivity contribution in [2.24, 2.45) is 5.73 Å². The van der Waals surface area contributed by atoms with E-state index in [2.05, 4.69) is 46.2 Å². The first-order valence-corrected chi connectivity index (χ1v) is 8.62. The van der Waals surface area contributed by atoms with Crippen molar-refractivity contribution in [2.75, 3.05) is 7.05 Å². The number of halogens is 2. The van der Waals surface area contributed by atoms with E-state index in [9.17, 15) is 4.39 Å². The van der Waals surface area contributed by atoms with Crippen molar-refractivity contribution < 1.29 is 4.39 Å². The Morgan fingerprint density at radius 2 is 2.00 bits per heavy atom. The van der Waals surface area contributed by atoms with Gasteiger partial charge in [-0.25, -0.2) is 4.39 Å². The molecule has 0 saturated heterocycles. The van der Waals surface area contributed by atoms with Crippen molar-refractivity contribution in [3.63, 3.8) is 0 Å². The van der Waals surface area contributed by atoms with Crippen LogP contribution in [0, 0.1) is 5.82 Å². The molecule has 0 aliphatic carbocycles. The number of likely N-dealkylation sites (N-methyl/N-ethyl adjacent to an activating group) is 1. The Balaban J connectivity index is 2.18. The summed E-state index contributed by atoms with van der Waals surface area (Å²) in [6.07, 6.45) is 0.911. The lowest BCUT2D eigenvalue weighted by atomic mass is 10.0. The molecule has 1 heterocycles. The van der Waals surface area contributed by atoms with Gasteiger partial charge < -0.3 is 5.73 Å². The van der Waals surface area contributed by atoms with E-state index in [1.807, 2.05) is 12.1 Å². The largest absolute Gasteiger partial charge is 0.326 e. The standard InChI is InChI=1S/C16H20BrFN2S/c1-3-14(19)16(15-8-12(17)10-21-15)20(2)9-11-4-6-13(18)7-5-11/h4-8,10,14,16H,3,9,19H2,1-2H3. The highest BCUT2D eigenvalue weighted by Crippen LogP contribution is 2.32. The van der Waals surface area contributed by atoms with Crippen LogP contribution in [0.3, 0.4) is 0 Å². The van der Waals surface area contributed by atoms with Crippen LogP contribution in [-0.4, -0.2) is 18.0 Å². The summed E-state index contributed by atoms with van der Waals surface area (Å²) in [5, 5.41) is 2.08. The van der Waals surface area contributed by atoms with Gasteiger partial charge in [0.15, 0.2) is 0 Å². The third-order valence-electron chi connectivity index (χ3n) is 3.58. The molecule has 0 fully saturated rings. The average Bonchev–Trinajstić information content (AvgIpc) is 2.87. The van der Waals surface area contributed by atoms with E-state index < -0.39 is 0 Å². The van der Waals surface area contributed by atoms with Gasteiger partial charge >= 0.3 is 0 Å². The van der Waals surface area contributed by atoms with Gasteiger partial charge in [0.1, 0.15) is 5.82 Å². The summed E-state index contributed by atoms with van der Waals surface area (Å²) in [7, 11) is 2.07. The number of rotatable bonds is 6. The van der Waals surface area contributed by atoms with Crippen LogP contribution in [0.25, 0.3) is 0 Å². The van der Waals surface area contributed by atoms with Crippen molar-refractivity contribution in [1.82, 2.24) is 4.90 Å². The van der Waals surface area contributed by atoms with Gasteiger partial charge in [-0.3, -0.25) is 4.90 Å². The van der Waals surface area contributed by atoms with Crippen LogP contribution in [0.2, 0.25) is 0 Å². The third-order valence-corrected chi connectivity index (χ3v) is 5.34. The van der Waals surface area contributed by atoms with Crippen molar-refractivity contribution in [2.45, 2.75) is 32.0 Å². The fourth-order valence-corrected chi connectivity index (χ4v) is 4.12. The van der Waals surface area contributed by atoms with Gasteiger partial charge in [0.05, 0.1) is 6.04 Å². The second kappa shape index (κ2) is 7.49. The third kappa shape index (κ3) is 4.36. The lowest BCUT2D eigenvalue weighted by molar-refractivity contribution is 0.205. The topological polar surface area (TPSA) is 29.3 Å². The highest BCUT2D eigenvalue weighted by molar-refractivity contribution is 9.10. The van der Waals surface area contributed by atoms with E-state index in [-0.39, 0.29) is 17.9 Å². The number of benzene rings is 1. The molecule has 0 radical (unpaired) electrons. The molecular weight excluding hydrogens is 351 g/mol. The summed E-state index contributed by atoms with van der Waals surface area (Å²) in [5.41, 5.74) is 7.41. The van der Waals surface area contributed by atoms with Crippen LogP contribution >= 0.6 is 27.3 Å². The summed E-state index contributed by atoms with van der Waals surface area (Å²) in [6.45, 7) is 2.85. The molecule has 0 bridgehead atoms. The fourth-order valence-electron chi connectivity index (χ4n) is 2.44. The molecule has 2 atom stereocenters. The molecule has 2 N–H and O–H groups in total. The molecule has 5 heteroatoms. The molecule has 114 valence electrons. The molecule has 0 aliphatic rings. The smallest absolute Gasteiger partial charge is 0.123 e. The number of hydrogen-bond donors (Lipinski definition) is 1. The van der Waals surface area contributed by atoms with Crippen molar-refractivity contribution in [3.05, 3.63) is 56.4 Å². The molecule has 1 aromatic heterocycles. The Morgan fingerprint density at radius 3 is 2.52 bits per heavy atom. The molecule has 1 aromatic carbocycles. The van der Waals surface area contributed by atoms with E-state index in [1.165, 1.54) is 17.0 Å². The average molecular weight is 371 g/mol. The maximum Gasteiger partial charge on any atom is 0.123 e. The SMILES string of the molecule is CCC(N)C(c1cc(Br)cs1)N(C)Cc1ccc(F)cc1. The van der Waals surface area contributed by atoms with E-state index in [4.69, 9.17) is 5.73 Å². The summed E-state index contributed by atoms with van der Waals surface area (Å²) in [6, 6.07) is 9.01. The molecule has 2 unspecified atom stereocenters. The van der Waals surface area contributed by atoms with Crippen LogP contribution in [-0.2, 0) is 6.54 Å². The lowest BCUT2D eigenvalue weighted by Gasteiger charge is -2.31. The molecule has 0 amide bonds. The lowest BCUT2D eigenvalue weighted by Crippen LogP contribution is -2.38. The molecule has 2 aromatic rings. The Hall–Kier alpha value is -0.750. The molecule has 0 spiro atoms. The number of nitrogens with two attached hydrogens (primary N) is 1. The van der Waals surface area contributed by atoms with Crippen LogP contribution in [0.4, 0.5) is 4.39 Å². The van der Waals surface area contributed by atoms with Crippen LogP contribution in [0.1, 0.15) is 29.8 Å². The monoisotopic (exact) mass is 370 g/mol. The minimum Gasteiger partial charge on any atom is -0.326 e. The fraction of sp³-hybridized carbons (Fsp3) is 0.375. The second-order valence-electron chi connectivity index (χ2n) is 5.23. The van der Waals surface area contributed by atoms with Crippen LogP contribution in [0.15, 0.2) is 40.2 Å². The Morgan fingerprint density at radius 1 is 1.33 bits per heavy atom. The summed E-state index contributed by atoms with van der Waals surface area (Å²) in [5.74, 6) is -0.203. The van der Waals surface area contributed by atoms with Gasteiger partial charge in [-0.2, -0.15) is 0 Å². The summed E-state index contributed by atoms with van der Waals surface area (Å²) < 4.78 is 14.1. The van der Waals surface area contributed by atoms with E-state index >= 15 is 0 Å². The number of nitrogens with zero attached hydrogens (tertiary/aromatic N) is 1. The minimum atomic E-state index is -0.203. The first-order chi connectivity index (χ1) is 10.0. The van der Waals surface area contributed by atoms with Crippen LogP contribution in [0.5, 0.6) is 0 Å². The molecule has 0 aliphatic heterocycles. The quantitative estimate of drug-likeness (QED) is 0.807. The van der Waals surface area contributed by atoms with E-state index in [0.717, 1.165) is 23.0 Å². The zero-order chi connectivity index (χ0) is 15.4. The van der Waals surface area contributed by atoms with E-state index in [1.54, 1.807) is 11.3 Å². The van der Waals surface area contributed by atoms with Gasteiger partial charge in [0.25, 0.3) is 0 Å². The highest BCUT2D eigenvalue weighted by atomic mass is 79.9. The molecule has 21 heavy (non-hydrogen) atoms. The van der Waals surface area contributed by atoms with Crippen LogP contribution < -0.4 is 5.73 Å². The van der Waals surface area contributed by atoms with E-state index in [0.29, 0.717) is 0 Å². The number of thiophene rings is 1. The molecule has 2 nitrogen and oxygen atoms in total. The first-order valence-electron chi connectivity index (χ1n) is 6.95. The molecular formula is C16H20BrFN2S. The van der Waals surface area contributed by atoms with Crippen molar-refractivity contribution in [1.29, 1.82) is 0 Å². The van der Waals surface area contributed by atoms with Gasteiger partial charge in [-0.05, 0) is 53.2 Å². The molecule has 0 saturated carbocycles. The second-order valence-corrected chi connectivity index (χ2v) is 7.08. The highest BCUT2D eigenvalue weighted by Gasteiger charge is 2.24. The summed E-state index contributed by atoms with van der Waals surface area (Å²) >= 11 is 5.22. The maximum absolute atomic E-state index is 13.0. The normalized spacial score (nSPS) is 14.4. The number of hydrogen-bond acceptors (Lipinski definition) is 3. The minimum absolute atomic E-state index is 0.0704. The predicted molar refractivity (Wildman–Crippen MR) is 90.9 cm³/mol. The zero-order valence-electron chi connectivity index (χ0n) is 12.2. The Bertz CT molecular complexity index is 570. The zero-order valence-corrected chi connectivity index (χ0v) is 14.6. The Kier molecular flexibility index (Phi) is 5.93. The predicted octanol–water partition coefficient (Wildman–Crippen LogP) is 4.56. The Labute approximate surface area is 137 Å². The van der Waals surface area contributed by atoms with Gasteiger partial charge in [-0.1, -0.05) is 19.1 Å². The van der Waals surface area contributed by atoms with Gasteiger partial charge in [-0.15, -0.1) is 11.3 Å². The van der Waals surface area contributed by atoms with Gasteiger partial charge in [0, 0.05) is 27.3 Å². The van der Waals surface area contributed by atoms with Gasteiger partial charge in [0.2, 0.25) is 0 Å². The first kappa shape index (κ1) is 16.6. The molecule has 2 rings (SSSR count). The maximum atomic E-state index is 13.0. The summed E-state index contributed by atoms with van der Waals surface area (Å²) in [4.78, 5) is 3.49.